The van der Waals surface area contributed by atoms with Crippen molar-refractivity contribution in [1.29, 1.82) is 0 Å². The Bertz CT molecular complexity index is 177. The molecule has 1 spiro atoms. The maximum absolute atomic E-state index is 5.69. The number of alkyl halides is 1. The molecule has 2 nitrogen and oxygen atoms in total. The highest BCUT2D eigenvalue weighted by atomic mass is 127. The molecule has 3 heteroatoms. The average Bonchev–Trinajstić information content (AvgIpc) is 2.61. The van der Waals surface area contributed by atoms with Crippen LogP contribution in [0, 0.1) is 5.41 Å². The van der Waals surface area contributed by atoms with Crippen LogP contribution in [0.25, 0.3) is 0 Å². The first-order chi connectivity index (χ1) is 6.18. The largest absolute Gasteiger partial charge is 0.348 e. The Kier molecular flexibility index (Phi) is 2.87. The molecule has 1 aliphatic heterocycles. The fourth-order valence-corrected chi connectivity index (χ4v) is 2.92. The topological polar surface area (TPSA) is 18.5 Å². The summed E-state index contributed by atoms with van der Waals surface area (Å²) in [6, 6.07) is 0. The summed E-state index contributed by atoms with van der Waals surface area (Å²) < 4.78 is 12.6. The fourth-order valence-electron chi connectivity index (χ4n) is 2.15. The summed E-state index contributed by atoms with van der Waals surface area (Å²) in [5, 5.41) is 0. The van der Waals surface area contributed by atoms with Gasteiger partial charge in [0.25, 0.3) is 0 Å². The second-order valence-electron chi connectivity index (χ2n) is 4.55. The zero-order chi connectivity index (χ0) is 9.36. The zero-order valence-electron chi connectivity index (χ0n) is 8.14. The van der Waals surface area contributed by atoms with Gasteiger partial charge in [-0.2, -0.15) is 0 Å². The van der Waals surface area contributed by atoms with E-state index in [0.717, 1.165) is 26.1 Å². The van der Waals surface area contributed by atoms with E-state index in [1.54, 1.807) is 0 Å². The lowest BCUT2D eigenvalue weighted by atomic mass is 9.75. The summed E-state index contributed by atoms with van der Waals surface area (Å²) in [5.41, 5.74) is 0.529. The van der Waals surface area contributed by atoms with E-state index in [2.05, 4.69) is 29.5 Å². The van der Waals surface area contributed by atoms with Gasteiger partial charge in [-0.1, -0.05) is 29.5 Å². The Hall–Kier alpha value is 0.650. The van der Waals surface area contributed by atoms with Gasteiger partial charge in [0.1, 0.15) is 0 Å². The monoisotopic (exact) mass is 296 g/mol. The van der Waals surface area contributed by atoms with Crippen LogP contribution in [0.15, 0.2) is 0 Å². The van der Waals surface area contributed by atoms with Crippen molar-refractivity contribution in [2.24, 2.45) is 5.41 Å². The first-order valence-electron chi connectivity index (χ1n) is 5.02. The molecule has 0 N–H and O–H groups in total. The van der Waals surface area contributed by atoms with Crippen LogP contribution >= 0.6 is 22.6 Å². The van der Waals surface area contributed by atoms with Crippen LogP contribution in [0.5, 0.6) is 0 Å². The third-order valence-corrected chi connectivity index (χ3v) is 5.20. The van der Waals surface area contributed by atoms with Crippen molar-refractivity contribution in [2.75, 3.05) is 17.6 Å². The van der Waals surface area contributed by atoms with Crippen LogP contribution in [0.3, 0.4) is 0 Å². The molecule has 0 radical (unpaired) electrons. The van der Waals surface area contributed by atoms with Gasteiger partial charge in [0.2, 0.25) is 0 Å². The Morgan fingerprint density at radius 3 is 2.08 bits per heavy atom. The van der Waals surface area contributed by atoms with Crippen LogP contribution in [-0.4, -0.2) is 23.4 Å². The lowest BCUT2D eigenvalue weighted by molar-refractivity contribution is -0.188. The van der Waals surface area contributed by atoms with E-state index in [1.807, 2.05) is 0 Å². The highest BCUT2D eigenvalue weighted by Crippen LogP contribution is 2.45. The predicted octanol–water partition coefficient (Wildman–Crippen LogP) is 2.74. The maximum atomic E-state index is 5.69. The summed E-state index contributed by atoms with van der Waals surface area (Å²) >= 11 is 2.49. The molecule has 1 heterocycles. The SMILES string of the molecule is CC1(CI)CCC2(CC1)OCCO2. The first kappa shape index (κ1) is 10.2. The molecule has 1 saturated carbocycles. The summed E-state index contributed by atoms with van der Waals surface area (Å²) in [4.78, 5) is 0. The average molecular weight is 296 g/mol. The van der Waals surface area contributed by atoms with Gasteiger partial charge in [-0.25, -0.2) is 0 Å². The number of ether oxygens (including phenoxy) is 2. The van der Waals surface area contributed by atoms with E-state index < -0.39 is 0 Å². The second-order valence-corrected chi connectivity index (χ2v) is 5.31. The van der Waals surface area contributed by atoms with E-state index in [-0.39, 0.29) is 5.79 Å². The smallest absolute Gasteiger partial charge is 0.168 e. The van der Waals surface area contributed by atoms with Crippen LogP contribution in [0.1, 0.15) is 32.6 Å². The van der Waals surface area contributed by atoms with Gasteiger partial charge in [-0.15, -0.1) is 0 Å². The summed E-state index contributed by atoms with van der Waals surface area (Å²) in [5.74, 6) is -0.175. The molecule has 2 rings (SSSR count). The molecule has 2 fully saturated rings. The third kappa shape index (κ3) is 2.02. The van der Waals surface area contributed by atoms with E-state index in [9.17, 15) is 0 Å². The van der Waals surface area contributed by atoms with Crippen molar-refractivity contribution in [1.82, 2.24) is 0 Å². The predicted molar refractivity (Wildman–Crippen MR) is 60.1 cm³/mol. The Morgan fingerprint density at radius 2 is 1.62 bits per heavy atom. The zero-order valence-corrected chi connectivity index (χ0v) is 10.3. The van der Waals surface area contributed by atoms with Gasteiger partial charge >= 0.3 is 0 Å². The van der Waals surface area contributed by atoms with Crippen LogP contribution in [-0.2, 0) is 9.47 Å². The van der Waals surface area contributed by atoms with Crippen molar-refractivity contribution >= 4 is 22.6 Å². The van der Waals surface area contributed by atoms with Gasteiger partial charge in [0.15, 0.2) is 5.79 Å². The molecule has 0 bridgehead atoms. The van der Waals surface area contributed by atoms with E-state index in [0.29, 0.717) is 5.41 Å². The van der Waals surface area contributed by atoms with E-state index >= 15 is 0 Å². The summed E-state index contributed by atoms with van der Waals surface area (Å²) in [7, 11) is 0. The standard InChI is InChI=1S/C10H17IO2/c1-9(8-11)2-4-10(5-3-9)12-6-7-13-10/h2-8H2,1H3. The van der Waals surface area contributed by atoms with Crippen LogP contribution in [0.2, 0.25) is 0 Å². The number of rotatable bonds is 1. The normalized spacial score (nSPS) is 30.9. The molecule has 0 atom stereocenters. The molecule has 2 aliphatic rings. The second kappa shape index (κ2) is 3.66. The third-order valence-electron chi connectivity index (χ3n) is 3.36. The summed E-state index contributed by atoms with van der Waals surface area (Å²) in [6.07, 6.45) is 4.67. The molecule has 0 aromatic carbocycles. The molecule has 1 saturated heterocycles. The lowest BCUT2D eigenvalue weighted by Gasteiger charge is -2.40. The Balaban J connectivity index is 1.95. The molecule has 1 aliphatic carbocycles. The molecule has 0 aromatic heterocycles. The van der Waals surface area contributed by atoms with Crippen molar-refractivity contribution in [2.45, 2.75) is 38.4 Å². The van der Waals surface area contributed by atoms with Crippen molar-refractivity contribution in [3.8, 4) is 0 Å². The minimum atomic E-state index is -0.175. The van der Waals surface area contributed by atoms with Gasteiger partial charge in [-0.3, -0.25) is 0 Å². The van der Waals surface area contributed by atoms with Gasteiger partial charge in [0, 0.05) is 17.3 Å². The first-order valence-corrected chi connectivity index (χ1v) is 6.55. The number of hydrogen-bond donors (Lipinski definition) is 0. The molecular formula is C10H17IO2. The molecule has 0 amide bonds. The van der Waals surface area contributed by atoms with Gasteiger partial charge < -0.3 is 9.47 Å². The minimum absolute atomic E-state index is 0.175. The number of hydrogen-bond acceptors (Lipinski definition) is 2. The number of halogens is 1. The van der Waals surface area contributed by atoms with Crippen LogP contribution in [0.4, 0.5) is 0 Å². The maximum Gasteiger partial charge on any atom is 0.168 e. The molecule has 76 valence electrons. The van der Waals surface area contributed by atoms with E-state index in [4.69, 9.17) is 9.47 Å². The van der Waals surface area contributed by atoms with Crippen molar-refractivity contribution in [3.63, 3.8) is 0 Å². The summed E-state index contributed by atoms with van der Waals surface area (Å²) in [6.45, 7) is 3.96. The van der Waals surface area contributed by atoms with Gasteiger partial charge in [0.05, 0.1) is 13.2 Å². The van der Waals surface area contributed by atoms with Gasteiger partial charge in [-0.05, 0) is 18.3 Å². The Labute approximate surface area is 93.5 Å². The molecule has 0 aromatic rings. The fraction of sp³-hybridized carbons (Fsp3) is 1.00. The molecule has 0 unspecified atom stereocenters. The van der Waals surface area contributed by atoms with Crippen LogP contribution < -0.4 is 0 Å². The highest BCUT2D eigenvalue weighted by Gasteiger charge is 2.43. The lowest BCUT2D eigenvalue weighted by Crippen LogP contribution is -2.39. The van der Waals surface area contributed by atoms with Crippen molar-refractivity contribution < 1.29 is 9.47 Å². The molecular weight excluding hydrogens is 279 g/mol. The van der Waals surface area contributed by atoms with Crippen molar-refractivity contribution in [3.05, 3.63) is 0 Å². The minimum Gasteiger partial charge on any atom is -0.348 e. The van der Waals surface area contributed by atoms with E-state index in [1.165, 1.54) is 17.3 Å². The Morgan fingerprint density at radius 1 is 1.08 bits per heavy atom. The quantitative estimate of drug-likeness (QED) is 0.547. The highest BCUT2D eigenvalue weighted by molar-refractivity contribution is 14.1. The molecule has 13 heavy (non-hydrogen) atoms.